The van der Waals surface area contributed by atoms with Crippen molar-refractivity contribution in [3.8, 4) is 0 Å². The quantitative estimate of drug-likeness (QED) is 0.727. The molecule has 0 radical (unpaired) electrons. The molecule has 1 fully saturated rings. The average molecular weight is 225 g/mol. The Labute approximate surface area is 95.9 Å². The Morgan fingerprint density at radius 1 is 1.25 bits per heavy atom. The maximum absolute atomic E-state index is 11.7. The Bertz CT molecular complexity index is 321. The minimum atomic E-state index is -0.762. The molecule has 1 heterocycles. The van der Waals surface area contributed by atoms with Gasteiger partial charge in [-0.1, -0.05) is 5.57 Å². The Hall–Kier alpha value is -1.32. The van der Waals surface area contributed by atoms with Crippen LogP contribution in [0.5, 0.6) is 0 Å². The van der Waals surface area contributed by atoms with E-state index in [9.17, 15) is 9.59 Å². The zero-order valence-corrected chi connectivity index (χ0v) is 10.1. The van der Waals surface area contributed by atoms with E-state index in [-0.39, 0.29) is 5.91 Å². The molecular formula is C12H19NO3. The smallest absolute Gasteiger partial charge is 0.309 e. The minimum Gasteiger partial charge on any atom is -0.481 e. The predicted molar refractivity (Wildman–Crippen MR) is 61.0 cm³/mol. The van der Waals surface area contributed by atoms with Gasteiger partial charge in [0.25, 0.3) is 0 Å². The highest BCUT2D eigenvalue weighted by Crippen LogP contribution is 2.31. The van der Waals surface area contributed by atoms with Crippen LogP contribution >= 0.6 is 0 Å². The zero-order valence-electron chi connectivity index (χ0n) is 10.1. The second kappa shape index (κ2) is 4.68. The summed E-state index contributed by atoms with van der Waals surface area (Å²) >= 11 is 0. The number of carboxylic acid groups (broad SMARTS) is 1. The van der Waals surface area contributed by atoms with Gasteiger partial charge in [-0.25, -0.2) is 0 Å². The highest BCUT2D eigenvalue weighted by molar-refractivity contribution is 5.88. The highest BCUT2D eigenvalue weighted by Gasteiger charge is 2.37. The normalized spacial score (nSPS) is 19.1. The van der Waals surface area contributed by atoms with Crippen LogP contribution in [0.2, 0.25) is 0 Å². The number of allylic oxidation sites excluding steroid dienone is 1. The van der Waals surface area contributed by atoms with E-state index >= 15 is 0 Å². The lowest BCUT2D eigenvalue weighted by Crippen LogP contribution is -2.44. The van der Waals surface area contributed by atoms with Crippen LogP contribution in [0, 0.1) is 5.41 Å². The van der Waals surface area contributed by atoms with Gasteiger partial charge in [0.05, 0.1) is 5.41 Å². The first-order valence-corrected chi connectivity index (χ1v) is 5.52. The molecule has 0 aromatic rings. The third kappa shape index (κ3) is 2.84. The van der Waals surface area contributed by atoms with E-state index in [2.05, 4.69) is 0 Å². The first-order chi connectivity index (χ1) is 7.35. The van der Waals surface area contributed by atoms with Crippen LogP contribution in [0.15, 0.2) is 11.6 Å². The van der Waals surface area contributed by atoms with Crippen molar-refractivity contribution in [1.82, 2.24) is 4.90 Å². The summed E-state index contributed by atoms with van der Waals surface area (Å²) in [4.78, 5) is 24.4. The number of aliphatic carboxylic acids is 1. The standard InChI is InChI=1S/C12H19NO3/c1-9(2)8-10(14)13-6-4-12(3,5-7-13)11(15)16/h8H,4-7H2,1-3H3,(H,15,16). The van der Waals surface area contributed by atoms with Gasteiger partial charge in [-0.15, -0.1) is 0 Å². The van der Waals surface area contributed by atoms with Gasteiger partial charge in [0.1, 0.15) is 0 Å². The number of rotatable bonds is 2. The third-order valence-electron chi connectivity index (χ3n) is 3.11. The van der Waals surface area contributed by atoms with Crippen LogP contribution < -0.4 is 0 Å². The van der Waals surface area contributed by atoms with Crippen molar-refractivity contribution >= 4 is 11.9 Å². The lowest BCUT2D eigenvalue weighted by Gasteiger charge is -2.36. The summed E-state index contributed by atoms with van der Waals surface area (Å²) < 4.78 is 0. The lowest BCUT2D eigenvalue weighted by atomic mass is 9.80. The molecule has 1 N–H and O–H groups in total. The van der Waals surface area contributed by atoms with Crippen molar-refractivity contribution in [1.29, 1.82) is 0 Å². The molecule has 1 amide bonds. The largest absolute Gasteiger partial charge is 0.481 e. The fourth-order valence-electron chi connectivity index (χ4n) is 1.77. The fraction of sp³-hybridized carbons (Fsp3) is 0.667. The van der Waals surface area contributed by atoms with Gasteiger partial charge >= 0.3 is 5.97 Å². The van der Waals surface area contributed by atoms with Crippen molar-refractivity contribution in [2.45, 2.75) is 33.6 Å². The molecule has 1 aliphatic rings. The second-order valence-corrected chi connectivity index (χ2v) is 4.91. The number of hydrogen-bond donors (Lipinski definition) is 1. The van der Waals surface area contributed by atoms with Gasteiger partial charge in [0, 0.05) is 19.2 Å². The van der Waals surface area contributed by atoms with Gasteiger partial charge in [-0.3, -0.25) is 9.59 Å². The van der Waals surface area contributed by atoms with Crippen LogP contribution in [0.3, 0.4) is 0 Å². The molecule has 4 nitrogen and oxygen atoms in total. The van der Waals surface area contributed by atoms with Crippen LogP contribution in [-0.4, -0.2) is 35.0 Å². The molecule has 1 aliphatic heterocycles. The first-order valence-electron chi connectivity index (χ1n) is 5.52. The Morgan fingerprint density at radius 2 is 1.75 bits per heavy atom. The summed E-state index contributed by atoms with van der Waals surface area (Å²) in [5.41, 5.74) is 0.304. The molecule has 1 saturated heterocycles. The van der Waals surface area contributed by atoms with Crippen molar-refractivity contribution in [2.75, 3.05) is 13.1 Å². The second-order valence-electron chi connectivity index (χ2n) is 4.91. The number of amides is 1. The third-order valence-corrected chi connectivity index (χ3v) is 3.11. The van der Waals surface area contributed by atoms with Crippen molar-refractivity contribution in [3.63, 3.8) is 0 Å². The number of nitrogens with zero attached hydrogens (tertiary/aromatic N) is 1. The van der Waals surface area contributed by atoms with E-state index in [1.54, 1.807) is 17.9 Å². The number of carboxylic acids is 1. The molecule has 0 bridgehead atoms. The topological polar surface area (TPSA) is 57.6 Å². The monoisotopic (exact) mass is 225 g/mol. The molecule has 0 aromatic heterocycles. The van der Waals surface area contributed by atoms with E-state index in [0.29, 0.717) is 25.9 Å². The Morgan fingerprint density at radius 3 is 2.12 bits per heavy atom. The van der Waals surface area contributed by atoms with Crippen LogP contribution in [0.25, 0.3) is 0 Å². The van der Waals surface area contributed by atoms with E-state index in [1.165, 1.54) is 0 Å². The Balaban J connectivity index is 2.59. The zero-order chi connectivity index (χ0) is 12.3. The van der Waals surface area contributed by atoms with E-state index in [0.717, 1.165) is 5.57 Å². The highest BCUT2D eigenvalue weighted by atomic mass is 16.4. The maximum atomic E-state index is 11.7. The van der Waals surface area contributed by atoms with E-state index in [1.807, 2.05) is 13.8 Å². The molecule has 90 valence electrons. The van der Waals surface area contributed by atoms with E-state index in [4.69, 9.17) is 5.11 Å². The summed E-state index contributed by atoms with van der Waals surface area (Å²) in [7, 11) is 0. The number of likely N-dealkylation sites (tertiary alicyclic amines) is 1. The SMILES string of the molecule is CC(C)=CC(=O)N1CCC(C)(C(=O)O)CC1. The lowest BCUT2D eigenvalue weighted by molar-refractivity contribution is -0.152. The van der Waals surface area contributed by atoms with Gasteiger partial charge in [-0.05, 0) is 33.6 Å². The summed E-state index contributed by atoms with van der Waals surface area (Å²) in [5.74, 6) is -0.769. The van der Waals surface area contributed by atoms with Gasteiger partial charge in [0.15, 0.2) is 0 Å². The average Bonchev–Trinajstić information content (AvgIpc) is 2.17. The van der Waals surface area contributed by atoms with Crippen LogP contribution in [-0.2, 0) is 9.59 Å². The maximum Gasteiger partial charge on any atom is 0.309 e. The molecule has 0 aromatic carbocycles. The predicted octanol–water partition coefficient (Wildman–Crippen LogP) is 1.67. The minimum absolute atomic E-state index is 0.00700. The summed E-state index contributed by atoms with van der Waals surface area (Å²) in [6.07, 6.45) is 2.67. The molecule has 4 heteroatoms. The molecule has 0 saturated carbocycles. The van der Waals surface area contributed by atoms with Crippen molar-refractivity contribution < 1.29 is 14.7 Å². The fourth-order valence-corrected chi connectivity index (χ4v) is 1.77. The van der Waals surface area contributed by atoms with Crippen LogP contribution in [0.4, 0.5) is 0 Å². The summed E-state index contributed by atoms with van der Waals surface area (Å²) in [6.45, 7) is 6.57. The van der Waals surface area contributed by atoms with Gasteiger partial charge < -0.3 is 10.0 Å². The molecule has 0 atom stereocenters. The number of hydrogen-bond acceptors (Lipinski definition) is 2. The summed E-state index contributed by atoms with van der Waals surface area (Å²) in [5, 5.41) is 9.05. The summed E-state index contributed by atoms with van der Waals surface area (Å²) in [6, 6.07) is 0. The van der Waals surface area contributed by atoms with Crippen LogP contribution in [0.1, 0.15) is 33.6 Å². The van der Waals surface area contributed by atoms with Crippen molar-refractivity contribution in [3.05, 3.63) is 11.6 Å². The van der Waals surface area contributed by atoms with Gasteiger partial charge in [-0.2, -0.15) is 0 Å². The number of carbonyl (C=O) groups is 2. The molecule has 16 heavy (non-hydrogen) atoms. The molecular weight excluding hydrogens is 206 g/mol. The number of piperidine rings is 1. The number of carbonyl (C=O) groups excluding carboxylic acids is 1. The molecule has 0 spiro atoms. The molecule has 0 aliphatic carbocycles. The molecule has 0 unspecified atom stereocenters. The van der Waals surface area contributed by atoms with Gasteiger partial charge in [0.2, 0.25) is 5.91 Å². The Kier molecular flexibility index (Phi) is 3.73. The molecule has 1 rings (SSSR count). The van der Waals surface area contributed by atoms with E-state index < -0.39 is 11.4 Å². The van der Waals surface area contributed by atoms with Crippen molar-refractivity contribution in [2.24, 2.45) is 5.41 Å². The first kappa shape index (κ1) is 12.7.